The minimum atomic E-state index is -1.03. The van der Waals surface area contributed by atoms with E-state index in [1.54, 1.807) is 18.2 Å². The van der Waals surface area contributed by atoms with Crippen LogP contribution in [0.25, 0.3) is 0 Å². The summed E-state index contributed by atoms with van der Waals surface area (Å²) in [5, 5.41) is 11.9. The lowest BCUT2D eigenvalue weighted by Crippen LogP contribution is -2.29. The summed E-state index contributed by atoms with van der Waals surface area (Å²) in [7, 11) is 2.99. The van der Waals surface area contributed by atoms with Crippen molar-refractivity contribution in [3.63, 3.8) is 0 Å². The second-order valence-corrected chi connectivity index (χ2v) is 3.46. The molecule has 96 valence electrons. The topological polar surface area (TPSA) is 67.8 Å². The molecule has 0 saturated carbocycles. The van der Waals surface area contributed by atoms with Gasteiger partial charge in [0.2, 0.25) is 0 Å². The van der Waals surface area contributed by atoms with Gasteiger partial charge in [0.1, 0.15) is 17.5 Å². The summed E-state index contributed by atoms with van der Waals surface area (Å²) in [5.41, 5.74) is 0.472. The smallest absolute Gasteiger partial charge is 0.325 e. The predicted molar refractivity (Wildman–Crippen MR) is 66.8 cm³/mol. The second kappa shape index (κ2) is 6.52. The van der Waals surface area contributed by atoms with Gasteiger partial charge in [0.15, 0.2) is 0 Å². The summed E-state index contributed by atoms with van der Waals surface area (Å²) in [6, 6.07) is 4.02. The van der Waals surface area contributed by atoms with E-state index in [4.69, 9.17) is 15.9 Å². The van der Waals surface area contributed by atoms with Crippen molar-refractivity contribution in [3.8, 4) is 23.8 Å². The fourth-order valence-corrected chi connectivity index (χ4v) is 1.56. The van der Waals surface area contributed by atoms with Crippen molar-refractivity contribution in [2.75, 3.05) is 20.8 Å². The van der Waals surface area contributed by atoms with E-state index >= 15 is 0 Å². The maximum absolute atomic E-state index is 11.2. The van der Waals surface area contributed by atoms with Crippen LogP contribution in [0, 0.1) is 12.3 Å². The zero-order valence-corrected chi connectivity index (χ0v) is 10.3. The molecular weight excluding hydrogens is 234 g/mol. The number of terminal acetylenes is 1. The third-order valence-corrected chi connectivity index (χ3v) is 2.40. The van der Waals surface area contributed by atoms with E-state index < -0.39 is 12.0 Å². The Morgan fingerprint density at radius 3 is 2.72 bits per heavy atom. The van der Waals surface area contributed by atoms with Gasteiger partial charge in [-0.25, -0.2) is 0 Å². The van der Waals surface area contributed by atoms with E-state index in [2.05, 4.69) is 11.2 Å². The Kier molecular flexibility index (Phi) is 5.03. The minimum absolute atomic E-state index is 0.150. The molecule has 0 aliphatic carbocycles. The van der Waals surface area contributed by atoms with Crippen molar-refractivity contribution in [2.24, 2.45) is 0 Å². The molecule has 5 heteroatoms. The van der Waals surface area contributed by atoms with E-state index in [1.807, 2.05) is 0 Å². The van der Waals surface area contributed by atoms with Crippen LogP contribution in [-0.4, -0.2) is 31.8 Å². The maximum atomic E-state index is 11.2. The highest BCUT2D eigenvalue weighted by Gasteiger charge is 2.23. The standard InChI is InChI=1S/C13H15NO4/c1-4-7-14-12(13(15)16)10-8-9(17-2)5-6-11(10)18-3/h1,5-6,8,12,14H,7H2,2-3H3,(H,15,16). The molecule has 18 heavy (non-hydrogen) atoms. The molecule has 0 spiro atoms. The number of benzene rings is 1. The Hall–Kier alpha value is -2.19. The predicted octanol–water partition coefficient (Wildman–Crippen LogP) is 1.05. The molecule has 2 N–H and O–H groups in total. The number of carbonyl (C=O) groups is 1. The normalized spacial score (nSPS) is 11.4. The summed E-state index contributed by atoms with van der Waals surface area (Å²) < 4.78 is 10.2. The van der Waals surface area contributed by atoms with Gasteiger partial charge in [-0.3, -0.25) is 10.1 Å². The van der Waals surface area contributed by atoms with Crippen molar-refractivity contribution in [3.05, 3.63) is 23.8 Å². The zero-order valence-electron chi connectivity index (χ0n) is 10.3. The van der Waals surface area contributed by atoms with Gasteiger partial charge in [-0.1, -0.05) is 5.92 Å². The van der Waals surface area contributed by atoms with Gasteiger partial charge < -0.3 is 14.6 Å². The Morgan fingerprint density at radius 2 is 2.22 bits per heavy atom. The first-order chi connectivity index (χ1) is 8.63. The number of rotatable bonds is 6. The maximum Gasteiger partial charge on any atom is 0.325 e. The van der Waals surface area contributed by atoms with E-state index in [0.29, 0.717) is 17.1 Å². The monoisotopic (exact) mass is 249 g/mol. The molecule has 0 aromatic heterocycles. The Morgan fingerprint density at radius 1 is 1.50 bits per heavy atom. The van der Waals surface area contributed by atoms with Crippen molar-refractivity contribution in [1.82, 2.24) is 5.32 Å². The molecule has 0 amide bonds. The fraction of sp³-hybridized carbons (Fsp3) is 0.308. The number of ether oxygens (including phenoxy) is 2. The first-order valence-electron chi connectivity index (χ1n) is 5.25. The molecular formula is C13H15NO4. The third kappa shape index (κ3) is 3.15. The Bertz CT molecular complexity index is 465. The molecule has 0 radical (unpaired) electrons. The molecule has 1 rings (SSSR count). The summed E-state index contributed by atoms with van der Waals surface area (Å²) in [6.45, 7) is 0.150. The second-order valence-electron chi connectivity index (χ2n) is 3.46. The number of nitrogens with one attached hydrogen (secondary N) is 1. The summed E-state index contributed by atoms with van der Waals surface area (Å²) in [5.74, 6) is 2.33. The van der Waals surface area contributed by atoms with Crippen molar-refractivity contribution in [2.45, 2.75) is 6.04 Å². The van der Waals surface area contributed by atoms with Crippen LogP contribution in [0.3, 0.4) is 0 Å². The number of carboxylic acid groups (broad SMARTS) is 1. The van der Waals surface area contributed by atoms with E-state index in [9.17, 15) is 9.90 Å². The van der Waals surface area contributed by atoms with Gasteiger partial charge in [0.25, 0.3) is 0 Å². The van der Waals surface area contributed by atoms with E-state index in [0.717, 1.165) is 0 Å². The lowest BCUT2D eigenvalue weighted by molar-refractivity contribution is -0.139. The molecule has 0 heterocycles. The van der Waals surface area contributed by atoms with Gasteiger partial charge in [0.05, 0.1) is 20.8 Å². The summed E-state index contributed by atoms with van der Waals surface area (Å²) in [6.07, 6.45) is 5.12. The van der Waals surface area contributed by atoms with Crippen LogP contribution in [0.2, 0.25) is 0 Å². The van der Waals surface area contributed by atoms with Gasteiger partial charge in [-0.15, -0.1) is 6.42 Å². The highest BCUT2D eigenvalue weighted by atomic mass is 16.5. The van der Waals surface area contributed by atoms with Crippen LogP contribution in [0.15, 0.2) is 18.2 Å². The van der Waals surface area contributed by atoms with Crippen molar-refractivity contribution < 1.29 is 19.4 Å². The highest BCUT2D eigenvalue weighted by Crippen LogP contribution is 2.29. The largest absolute Gasteiger partial charge is 0.497 e. The van der Waals surface area contributed by atoms with Crippen LogP contribution in [-0.2, 0) is 4.79 Å². The van der Waals surface area contributed by atoms with Gasteiger partial charge in [0, 0.05) is 5.56 Å². The molecule has 0 saturated heterocycles. The molecule has 0 bridgehead atoms. The lowest BCUT2D eigenvalue weighted by atomic mass is 10.1. The molecule has 0 aliphatic rings. The first-order valence-corrected chi connectivity index (χ1v) is 5.25. The molecule has 1 atom stereocenters. The Balaban J connectivity index is 3.16. The number of aliphatic carboxylic acids is 1. The molecule has 0 aliphatic heterocycles. The number of hydrogen-bond acceptors (Lipinski definition) is 4. The van der Waals surface area contributed by atoms with Crippen LogP contribution in [0.4, 0.5) is 0 Å². The SMILES string of the molecule is C#CCNC(C(=O)O)c1cc(OC)ccc1OC. The van der Waals surface area contributed by atoms with Crippen molar-refractivity contribution in [1.29, 1.82) is 0 Å². The molecule has 1 aromatic carbocycles. The lowest BCUT2D eigenvalue weighted by Gasteiger charge is -2.17. The van der Waals surface area contributed by atoms with Gasteiger partial charge in [-0.05, 0) is 18.2 Å². The van der Waals surface area contributed by atoms with Crippen LogP contribution in [0.1, 0.15) is 11.6 Å². The first kappa shape index (κ1) is 13.9. The number of methoxy groups -OCH3 is 2. The highest BCUT2D eigenvalue weighted by molar-refractivity contribution is 5.77. The molecule has 5 nitrogen and oxygen atoms in total. The number of carboxylic acids is 1. The van der Waals surface area contributed by atoms with Crippen LogP contribution < -0.4 is 14.8 Å². The molecule has 1 aromatic rings. The molecule has 1 unspecified atom stereocenters. The average molecular weight is 249 g/mol. The van der Waals surface area contributed by atoms with E-state index in [1.165, 1.54) is 14.2 Å². The zero-order chi connectivity index (χ0) is 13.5. The van der Waals surface area contributed by atoms with Crippen LogP contribution >= 0.6 is 0 Å². The third-order valence-electron chi connectivity index (χ3n) is 2.40. The quantitative estimate of drug-likeness (QED) is 0.738. The summed E-state index contributed by atoms with van der Waals surface area (Å²) in [4.78, 5) is 11.2. The van der Waals surface area contributed by atoms with Crippen molar-refractivity contribution >= 4 is 5.97 Å². The van der Waals surface area contributed by atoms with Gasteiger partial charge in [-0.2, -0.15) is 0 Å². The Labute approximate surface area is 106 Å². The fourth-order valence-electron chi connectivity index (χ4n) is 1.56. The van der Waals surface area contributed by atoms with E-state index in [-0.39, 0.29) is 6.54 Å². The summed E-state index contributed by atoms with van der Waals surface area (Å²) >= 11 is 0. The molecule has 0 fully saturated rings. The van der Waals surface area contributed by atoms with Crippen LogP contribution in [0.5, 0.6) is 11.5 Å². The van der Waals surface area contributed by atoms with Gasteiger partial charge >= 0.3 is 5.97 Å². The number of hydrogen-bond donors (Lipinski definition) is 2. The minimum Gasteiger partial charge on any atom is -0.497 e. The average Bonchev–Trinajstić information content (AvgIpc) is 2.38.